The van der Waals surface area contributed by atoms with Crippen molar-refractivity contribution >= 4 is 15.7 Å². The Kier molecular flexibility index (Phi) is 3.50. The molecule has 4 nitrogen and oxygen atoms in total. The summed E-state index contributed by atoms with van der Waals surface area (Å²) in [5, 5.41) is 0. The molecular weight excluding hydrogens is 272 g/mol. The zero-order chi connectivity index (χ0) is 14.3. The van der Waals surface area contributed by atoms with Crippen molar-refractivity contribution in [2.24, 2.45) is 11.8 Å². The first-order valence-corrected chi connectivity index (χ1v) is 8.77. The van der Waals surface area contributed by atoms with Crippen LogP contribution in [0.3, 0.4) is 0 Å². The molecule has 110 valence electrons. The molecule has 2 saturated carbocycles. The molecule has 2 N–H and O–H groups in total. The van der Waals surface area contributed by atoms with Crippen molar-refractivity contribution in [1.29, 1.82) is 0 Å². The van der Waals surface area contributed by atoms with Gasteiger partial charge >= 0.3 is 0 Å². The maximum atomic E-state index is 12.9. The number of nitrogens with two attached hydrogens (primary N) is 1. The minimum atomic E-state index is -3.46. The molecule has 3 rings (SSSR count). The molecule has 20 heavy (non-hydrogen) atoms. The predicted molar refractivity (Wildman–Crippen MR) is 79.8 cm³/mol. The van der Waals surface area contributed by atoms with Crippen LogP contribution >= 0.6 is 0 Å². The van der Waals surface area contributed by atoms with E-state index in [1.807, 2.05) is 13.0 Å². The first-order valence-electron chi connectivity index (χ1n) is 7.33. The first kappa shape index (κ1) is 13.9. The zero-order valence-corrected chi connectivity index (χ0v) is 12.7. The molecule has 0 amide bonds. The van der Waals surface area contributed by atoms with E-state index >= 15 is 0 Å². The Labute approximate surface area is 121 Å². The lowest BCUT2D eigenvalue weighted by molar-refractivity contribution is 0.382. The lowest BCUT2D eigenvalue weighted by atomic mass is 10.2. The average Bonchev–Trinajstić information content (AvgIpc) is 3.22. The van der Waals surface area contributed by atoms with Crippen molar-refractivity contribution in [1.82, 2.24) is 4.31 Å². The van der Waals surface area contributed by atoms with E-state index in [1.54, 1.807) is 16.4 Å². The van der Waals surface area contributed by atoms with E-state index < -0.39 is 10.0 Å². The molecule has 2 aliphatic carbocycles. The summed E-state index contributed by atoms with van der Waals surface area (Å²) >= 11 is 0. The van der Waals surface area contributed by atoms with E-state index in [2.05, 4.69) is 0 Å². The minimum Gasteiger partial charge on any atom is -0.398 e. The number of aryl methyl sites for hydroxylation is 1. The summed E-state index contributed by atoms with van der Waals surface area (Å²) < 4.78 is 27.6. The van der Waals surface area contributed by atoms with Gasteiger partial charge in [-0.1, -0.05) is 12.1 Å². The lowest BCUT2D eigenvalue weighted by Crippen LogP contribution is -2.35. The maximum absolute atomic E-state index is 12.9. The van der Waals surface area contributed by atoms with Gasteiger partial charge in [-0.05, 0) is 56.1 Å². The van der Waals surface area contributed by atoms with Crippen LogP contribution in [0, 0.1) is 18.8 Å². The molecule has 0 aromatic heterocycles. The highest BCUT2D eigenvalue weighted by Gasteiger charge is 2.36. The second-order valence-electron chi connectivity index (χ2n) is 6.20. The third-order valence-corrected chi connectivity index (χ3v) is 6.21. The van der Waals surface area contributed by atoms with Gasteiger partial charge in [-0.2, -0.15) is 4.31 Å². The largest absolute Gasteiger partial charge is 0.398 e. The van der Waals surface area contributed by atoms with Gasteiger partial charge in [0.05, 0.1) is 5.69 Å². The quantitative estimate of drug-likeness (QED) is 0.819. The van der Waals surface area contributed by atoms with Crippen molar-refractivity contribution in [2.75, 3.05) is 18.8 Å². The number of hydrogen-bond donors (Lipinski definition) is 1. The number of nitrogen functional groups attached to an aromatic ring is 1. The molecule has 2 aliphatic rings. The fraction of sp³-hybridized carbons (Fsp3) is 0.600. The third kappa shape index (κ3) is 2.83. The topological polar surface area (TPSA) is 63.4 Å². The molecule has 1 aromatic rings. The Balaban J connectivity index is 1.93. The maximum Gasteiger partial charge on any atom is 0.245 e. The lowest BCUT2D eigenvalue weighted by Gasteiger charge is -2.24. The molecule has 5 heteroatoms. The molecule has 2 fully saturated rings. The Bertz CT molecular complexity index is 570. The molecule has 0 aliphatic heterocycles. The van der Waals surface area contributed by atoms with Gasteiger partial charge in [0.2, 0.25) is 10.0 Å². The Morgan fingerprint density at radius 2 is 1.70 bits per heavy atom. The molecule has 0 heterocycles. The molecule has 0 spiro atoms. The molecule has 0 atom stereocenters. The van der Waals surface area contributed by atoms with Crippen LogP contribution in [0.5, 0.6) is 0 Å². The van der Waals surface area contributed by atoms with E-state index in [0.717, 1.165) is 31.2 Å². The van der Waals surface area contributed by atoms with Gasteiger partial charge in [-0.15, -0.1) is 0 Å². The van der Waals surface area contributed by atoms with Crippen LogP contribution in [0.2, 0.25) is 0 Å². The van der Waals surface area contributed by atoms with Crippen LogP contribution in [0.15, 0.2) is 23.1 Å². The van der Waals surface area contributed by atoms with Crippen LogP contribution < -0.4 is 5.73 Å². The molecule has 0 radical (unpaired) electrons. The number of benzene rings is 1. The molecular formula is C15H22N2O2S. The first-order chi connectivity index (χ1) is 9.48. The van der Waals surface area contributed by atoms with Gasteiger partial charge in [-0.25, -0.2) is 8.42 Å². The van der Waals surface area contributed by atoms with E-state index in [-0.39, 0.29) is 0 Å². The zero-order valence-electron chi connectivity index (χ0n) is 11.9. The molecule has 1 aromatic carbocycles. The summed E-state index contributed by atoms with van der Waals surface area (Å²) in [6.07, 6.45) is 4.61. The molecule has 0 unspecified atom stereocenters. The Morgan fingerprint density at radius 1 is 1.15 bits per heavy atom. The summed E-state index contributed by atoms with van der Waals surface area (Å²) in [6.45, 7) is 3.13. The second kappa shape index (κ2) is 5.04. The van der Waals surface area contributed by atoms with E-state index in [4.69, 9.17) is 5.73 Å². The highest BCUT2D eigenvalue weighted by atomic mass is 32.2. The number of nitrogens with zero attached hydrogens (tertiary/aromatic N) is 1. The van der Waals surface area contributed by atoms with Crippen molar-refractivity contribution < 1.29 is 8.42 Å². The fourth-order valence-corrected chi connectivity index (χ4v) is 4.52. The van der Waals surface area contributed by atoms with E-state index in [1.165, 1.54) is 0 Å². The third-order valence-electron chi connectivity index (χ3n) is 4.16. The van der Waals surface area contributed by atoms with E-state index in [0.29, 0.717) is 35.5 Å². The highest BCUT2D eigenvalue weighted by Crippen LogP contribution is 2.37. The second-order valence-corrected chi connectivity index (χ2v) is 8.08. The van der Waals surface area contributed by atoms with Crippen LogP contribution in [0.4, 0.5) is 5.69 Å². The van der Waals surface area contributed by atoms with Crippen LogP contribution in [-0.4, -0.2) is 25.8 Å². The number of anilines is 1. The summed E-state index contributed by atoms with van der Waals surface area (Å²) in [7, 11) is -3.46. The van der Waals surface area contributed by atoms with Gasteiger partial charge in [0, 0.05) is 13.1 Å². The fourth-order valence-electron chi connectivity index (χ4n) is 2.60. The van der Waals surface area contributed by atoms with Crippen LogP contribution in [0.25, 0.3) is 0 Å². The Morgan fingerprint density at radius 3 is 2.15 bits per heavy atom. The van der Waals surface area contributed by atoms with Crippen LogP contribution in [-0.2, 0) is 10.0 Å². The smallest absolute Gasteiger partial charge is 0.245 e. The van der Waals surface area contributed by atoms with Gasteiger partial charge in [-0.3, -0.25) is 0 Å². The summed E-state index contributed by atoms with van der Waals surface area (Å²) in [5.41, 5.74) is 7.03. The predicted octanol–water partition coefficient (Wildman–Crippen LogP) is 2.39. The molecule has 0 saturated heterocycles. The minimum absolute atomic E-state index is 0.307. The number of rotatable bonds is 6. The van der Waals surface area contributed by atoms with Crippen molar-refractivity contribution in [2.45, 2.75) is 37.5 Å². The van der Waals surface area contributed by atoms with Crippen molar-refractivity contribution in [3.05, 3.63) is 23.8 Å². The SMILES string of the molecule is Cc1cccc(N)c1S(=O)(=O)N(CC1CC1)CC1CC1. The average molecular weight is 294 g/mol. The molecule has 0 bridgehead atoms. The number of sulfonamides is 1. The normalized spacial score (nSPS) is 19.5. The van der Waals surface area contributed by atoms with Gasteiger partial charge < -0.3 is 5.73 Å². The standard InChI is InChI=1S/C15H22N2O2S/c1-11-3-2-4-14(16)15(11)20(18,19)17(9-12-5-6-12)10-13-7-8-13/h2-4,12-13H,5-10,16H2,1H3. The Hall–Kier alpha value is -1.07. The van der Waals surface area contributed by atoms with Gasteiger partial charge in [0.1, 0.15) is 4.90 Å². The van der Waals surface area contributed by atoms with Gasteiger partial charge in [0.15, 0.2) is 0 Å². The summed E-state index contributed by atoms with van der Waals surface area (Å²) in [4.78, 5) is 0.307. The summed E-state index contributed by atoms with van der Waals surface area (Å²) in [5.74, 6) is 1.10. The van der Waals surface area contributed by atoms with Crippen LogP contribution in [0.1, 0.15) is 31.2 Å². The monoisotopic (exact) mass is 294 g/mol. The highest BCUT2D eigenvalue weighted by molar-refractivity contribution is 7.89. The van der Waals surface area contributed by atoms with E-state index in [9.17, 15) is 8.42 Å². The van der Waals surface area contributed by atoms with Crippen molar-refractivity contribution in [3.8, 4) is 0 Å². The number of hydrogen-bond acceptors (Lipinski definition) is 3. The van der Waals surface area contributed by atoms with Gasteiger partial charge in [0.25, 0.3) is 0 Å². The van der Waals surface area contributed by atoms with Crippen molar-refractivity contribution in [3.63, 3.8) is 0 Å². The summed E-state index contributed by atoms with van der Waals surface area (Å²) in [6, 6.07) is 5.29.